The van der Waals surface area contributed by atoms with Crippen LogP contribution in [0.2, 0.25) is 0 Å². The maximum atomic E-state index is 12.9. The van der Waals surface area contributed by atoms with Crippen LogP contribution < -0.4 is 28.4 Å². The summed E-state index contributed by atoms with van der Waals surface area (Å²) in [7, 11) is 5.67. The van der Waals surface area contributed by atoms with Crippen molar-refractivity contribution in [1.82, 2.24) is 4.90 Å². The molecular formula is C38H53F2NO7. The van der Waals surface area contributed by atoms with E-state index in [1.54, 1.807) is 19.2 Å². The number of alkyl halides is 2. The Kier molecular flexibility index (Phi) is 16.1. The minimum absolute atomic E-state index is 0.0345. The molecule has 48 heavy (non-hydrogen) atoms. The van der Waals surface area contributed by atoms with Crippen molar-refractivity contribution >= 4 is 0 Å². The Labute approximate surface area is 285 Å². The summed E-state index contributed by atoms with van der Waals surface area (Å²) in [6.07, 6.45) is 2.64. The van der Waals surface area contributed by atoms with E-state index in [1.807, 2.05) is 79.0 Å². The average molecular weight is 674 g/mol. The predicted molar refractivity (Wildman–Crippen MR) is 185 cm³/mol. The second-order valence-electron chi connectivity index (χ2n) is 12.5. The SMILES string of the molecule is COCCOc1cc(CCC(C)Oc2ccc(C)cc2OC(F)F)ccc1OC(C)CCc1ccc(OC(C)C)c(OCCN(C)C)c1. The lowest BCUT2D eigenvalue weighted by Crippen LogP contribution is -2.20. The molecule has 2 unspecified atom stereocenters. The van der Waals surface area contributed by atoms with E-state index in [9.17, 15) is 8.78 Å². The van der Waals surface area contributed by atoms with Gasteiger partial charge in [-0.05, 0) is 127 Å². The molecule has 0 aliphatic heterocycles. The molecule has 2 atom stereocenters. The van der Waals surface area contributed by atoms with Crippen LogP contribution in [0.3, 0.4) is 0 Å². The predicted octanol–water partition coefficient (Wildman–Crippen LogP) is 8.15. The molecule has 3 aromatic rings. The fraction of sp³-hybridized carbons (Fsp3) is 0.526. The molecule has 0 saturated carbocycles. The van der Waals surface area contributed by atoms with Crippen molar-refractivity contribution < 1.29 is 41.9 Å². The van der Waals surface area contributed by atoms with Crippen LogP contribution in [-0.2, 0) is 17.6 Å². The average Bonchev–Trinajstić information content (AvgIpc) is 3.01. The first-order chi connectivity index (χ1) is 22.9. The van der Waals surface area contributed by atoms with Gasteiger partial charge in [-0.25, -0.2) is 0 Å². The Hall–Kier alpha value is -3.76. The van der Waals surface area contributed by atoms with Crippen molar-refractivity contribution in [2.24, 2.45) is 0 Å². The third kappa shape index (κ3) is 13.8. The van der Waals surface area contributed by atoms with Gasteiger partial charge in [-0.1, -0.05) is 18.2 Å². The lowest BCUT2D eigenvalue weighted by atomic mass is 10.1. The largest absolute Gasteiger partial charge is 0.488 e. The van der Waals surface area contributed by atoms with Gasteiger partial charge in [-0.3, -0.25) is 0 Å². The van der Waals surface area contributed by atoms with Crippen LogP contribution >= 0.6 is 0 Å². The summed E-state index contributed by atoms with van der Waals surface area (Å²) in [5.41, 5.74) is 2.99. The lowest BCUT2D eigenvalue weighted by molar-refractivity contribution is -0.0520. The summed E-state index contributed by atoms with van der Waals surface area (Å²) < 4.78 is 66.2. The van der Waals surface area contributed by atoms with Gasteiger partial charge in [-0.2, -0.15) is 8.78 Å². The van der Waals surface area contributed by atoms with Gasteiger partial charge in [0, 0.05) is 13.7 Å². The molecule has 0 spiro atoms. The fourth-order valence-electron chi connectivity index (χ4n) is 4.86. The first kappa shape index (κ1) is 38.7. The van der Waals surface area contributed by atoms with Gasteiger partial charge in [0.1, 0.15) is 13.2 Å². The minimum atomic E-state index is -2.92. The maximum absolute atomic E-state index is 12.9. The van der Waals surface area contributed by atoms with E-state index in [4.69, 9.17) is 28.4 Å². The molecule has 0 N–H and O–H groups in total. The summed E-state index contributed by atoms with van der Waals surface area (Å²) in [4.78, 5) is 2.08. The first-order valence-corrected chi connectivity index (χ1v) is 16.6. The van der Waals surface area contributed by atoms with Crippen LogP contribution in [0.4, 0.5) is 8.78 Å². The number of ether oxygens (including phenoxy) is 7. The van der Waals surface area contributed by atoms with Crippen molar-refractivity contribution in [3.8, 4) is 34.5 Å². The van der Waals surface area contributed by atoms with Crippen molar-refractivity contribution in [2.75, 3.05) is 47.6 Å². The van der Waals surface area contributed by atoms with Crippen molar-refractivity contribution in [3.63, 3.8) is 0 Å². The first-order valence-electron chi connectivity index (χ1n) is 16.6. The normalized spacial score (nSPS) is 12.7. The van der Waals surface area contributed by atoms with E-state index in [2.05, 4.69) is 21.8 Å². The molecule has 0 fully saturated rings. The summed E-state index contributed by atoms with van der Waals surface area (Å²) in [6, 6.07) is 17.1. The number of nitrogens with zero attached hydrogens (tertiary/aromatic N) is 1. The number of hydrogen-bond donors (Lipinski definition) is 0. The number of rotatable bonds is 22. The molecule has 0 aliphatic rings. The van der Waals surface area contributed by atoms with Gasteiger partial charge in [-0.15, -0.1) is 0 Å². The Morgan fingerprint density at radius 1 is 0.604 bits per heavy atom. The van der Waals surface area contributed by atoms with Gasteiger partial charge < -0.3 is 38.1 Å². The zero-order valence-corrected chi connectivity index (χ0v) is 29.7. The van der Waals surface area contributed by atoms with Gasteiger partial charge in [0.25, 0.3) is 0 Å². The highest BCUT2D eigenvalue weighted by Crippen LogP contribution is 2.34. The third-order valence-electron chi connectivity index (χ3n) is 7.37. The third-order valence-corrected chi connectivity index (χ3v) is 7.37. The Bertz CT molecular complexity index is 1390. The summed E-state index contributed by atoms with van der Waals surface area (Å²) >= 11 is 0. The second kappa shape index (κ2) is 19.9. The van der Waals surface area contributed by atoms with Gasteiger partial charge in [0.2, 0.25) is 0 Å². The highest BCUT2D eigenvalue weighted by atomic mass is 19.3. The number of benzene rings is 3. The molecule has 0 bridgehead atoms. The standard InChI is InChI=1S/C38H53F2NO7/c1-26(2)45-32-17-14-30(24-35(32)43-20-19-41(6)7)12-10-28(4)46-33-18-15-31(25-36(33)44-22-21-42-8)13-11-29(5)47-34-16-9-27(3)23-37(34)48-38(39)40/h9,14-18,23-26,28-29,38H,10-13,19-22H2,1-8H3. The van der Waals surface area contributed by atoms with Crippen LogP contribution in [0.25, 0.3) is 0 Å². The van der Waals surface area contributed by atoms with E-state index in [0.29, 0.717) is 49.9 Å². The zero-order valence-electron chi connectivity index (χ0n) is 29.7. The van der Waals surface area contributed by atoms with Crippen molar-refractivity contribution in [1.29, 1.82) is 0 Å². The van der Waals surface area contributed by atoms with Crippen LogP contribution in [0.5, 0.6) is 34.5 Å². The molecule has 266 valence electrons. The molecular weight excluding hydrogens is 620 g/mol. The summed E-state index contributed by atoms with van der Waals surface area (Å²) in [5.74, 6) is 3.13. The highest BCUT2D eigenvalue weighted by Gasteiger charge is 2.16. The molecule has 3 aromatic carbocycles. The molecule has 3 rings (SSSR count). The van der Waals surface area contributed by atoms with Crippen molar-refractivity contribution in [2.45, 2.75) is 85.2 Å². The highest BCUT2D eigenvalue weighted by molar-refractivity contribution is 5.45. The van der Waals surface area contributed by atoms with E-state index >= 15 is 0 Å². The molecule has 10 heteroatoms. The molecule has 0 saturated heterocycles. The lowest BCUT2D eigenvalue weighted by Gasteiger charge is -2.20. The van der Waals surface area contributed by atoms with E-state index in [0.717, 1.165) is 47.6 Å². The van der Waals surface area contributed by atoms with Gasteiger partial charge in [0.15, 0.2) is 34.5 Å². The molecule has 0 heterocycles. The van der Waals surface area contributed by atoms with Crippen LogP contribution in [0, 0.1) is 6.92 Å². The Morgan fingerprint density at radius 3 is 1.65 bits per heavy atom. The van der Waals surface area contributed by atoms with Crippen LogP contribution in [0.1, 0.15) is 57.2 Å². The monoisotopic (exact) mass is 673 g/mol. The van der Waals surface area contributed by atoms with Crippen LogP contribution in [-0.4, -0.2) is 77.4 Å². The van der Waals surface area contributed by atoms with Gasteiger partial charge >= 0.3 is 6.61 Å². The quantitative estimate of drug-likeness (QED) is 0.0991. The van der Waals surface area contributed by atoms with Crippen molar-refractivity contribution in [3.05, 3.63) is 71.3 Å². The zero-order chi connectivity index (χ0) is 35.1. The number of hydrogen-bond acceptors (Lipinski definition) is 8. The van der Waals surface area contributed by atoms with Gasteiger partial charge in [0.05, 0.1) is 24.9 Å². The summed E-state index contributed by atoms with van der Waals surface area (Å²) in [5, 5.41) is 0. The van der Waals surface area contributed by atoms with Crippen LogP contribution in [0.15, 0.2) is 54.6 Å². The number of methoxy groups -OCH3 is 1. The number of halogens is 2. The fourth-order valence-corrected chi connectivity index (χ4v) is 4.86. The summed E-state index contributed by atoms with van der Waals surface area (Å²) in [6.45, 7) is 9.06. The Morgan fingerprint density at radius 2 is 1.12 bits per heavy atom. The molecule has 8 nitrogen and oxygen atoms in total. The van der Waals surface area contributed by atoms with E-state index < -0.39 is 6.61 Å². The molecule has 0 aromatic heterocycles. The van der Waals surface area contributed by atoms with E-state index in [1.165, 1.54) is 0 Å². The minimum Gasteiger partial charge on any atom is -0.488 e. The molecule has 0 radical (unpaired) electrons. The number of likely N-dealkylation sites (N-methyl/N-ethyl adjacent to an activating group) is 1. The molecule has 0 amide bonds. The smallest absolute Gasteiger partial charge is 0.387 e. The van der Waals surface area contributed by atoms with E-state index in [-0.39, 0.29) is 24.1 Å². The Balaban J connectivity index is 1.63. The topological polar surface area (TPSA) is 67.9 Å². The maximum Gasteiger partial charge on any atom is 0.387 e. The second-order valence-corrected chi connectivity index (χ2v) is 12.5. The number of aryl methyl sites for hydroxylation is 3. The molecule has 0 aliphatic carbocycles.